The Kier molecular flexibility index (Phi) is 6.77. The van der Waals surface area contributed by atoms with Gasteiger partial charge < -0.3 is 4.74 Å². The summed E-state index contributed by atoms with van der Waals surface area (Å²) in [4.78, 5) is 21.3. The van der Waals surface area contributed by atoms with Gasteiger partial charge in [-0.05, 0) is 42.7 Å². The lowest BCUT2D eigenvalue weighted by atomic mass is 9.97. The molecule has 0 N–H and O–H groups in total. The molecule has 5 heteroatoms. The third-order valence-corrected chi connectivity index (χ3v) is 6.65. The predicted molar refractivity (Wildman–Crippen MR) is 139 cm³/mol. The van der Waals surface area contributed by atoms with Crippen LogP contribution in [0.3, 0.4) is 0 Å². The van der Waals surface area contributed by atoms with Crippen LogP contribution in [0.2, 0.25) is 0 Å². The molecule has 1 aromatic heterocycles. The largest absolute Gasteiger partial charge is 0.494 e. The van der Waals surface area contributed by atoms with Gasteiger partial charge in [-0.25, -0.2) is 4.98 Å². The van der Waals surface area contributed by atoms with Gasteiger partial charge in [0, 0.05) is 26.1 Å². The van der Waals surface area contributed by atoms with Gasteiger partial charge >= 0.3 is 0 Å². The topological polar surface area (TPSA) is 47.4 Å². The highest BCUT2D eigenvalue weighted by atomic mass is 16.5. The number of ether oxygens (including phenoxy) is 1. The van der Waals surface area contributed by atoms with E-state index in [-0.39, 0.29) is 11.6 Å². The summed E-state index contributed by atoms with van der Waals surface area (Å²) in [7, 11) is 0. The second kappa shape index (κ2) is 10.3. The van der Waals surface area contributed by atoms with Crippen LogP contribution in [0.5, 0.6) is 5.75 Å². The van der Waals surface area contributed by atoms with E-state index in [9.17, 15) is 4.79 Å². The van der Waals surface area contributed by atoms with Gasteiger partial charge in [0.25, 0.3) is 5.56 Å². The molecule has 0 radical (unpaired) electrons. The van der Waals surface area contributed by atoms with E-state index < -0.39 is 0 Å². The molecule has 1 aliphatic rings. The summed E-state index contributed by atoms with van der Waals surface area (Å²) in [6.07, 6.45) is 0.782. The second-order valence-electron chi connectivity index (χ2n) is 9.02. The first kappa shape index (κ1) is 23.1. The number of nitrogens with zero attached hydrogens (tertiary/aromatic N) is 3. The van der Waals surface area contributed by atoms with Crippen molar-refractivity contribution in [2.24, 2.45) is 0 Å². The van der Waals surface area contributed by atoms with Crippen LogP contribution in [0.15, 0.2) is 89.7 Å². The van der Waals surface area contributed by atoms with E-state index in [1.54, 1.807) is 0 Å². The number of aromatic nitrogens is 2. The number of hydrogen-bond donors (Lipinski definition) is 0. The van der Waals surface area contributed by atoms with Gasteiger partial charge in [-0.15, -0.1) is 0 Å². The molecule has 0 spiro atoms. The van der Waals surface area contributed by atoms with Crippen molar-refractivity contribution >= 4 is 0 Å². The maximum Gasteiger partial charge on any atom is 0.259 e. The summed E-state index contributed by atoms with van der Waals surface area (Å²) < 4.78 is 7.45. The predicted octanol–water partition coefficient (Wildman–Crippen LogP) is 5.15. The molecule has 4 aromatic rings. The lowest BCUT2D eigenvalue weighted by molar-refractivity contribution is 0.240. The molecule has 0 bridgehead atoms. The highest BCUT2D eigenvalue weighted by Crippen LogP contribution is 2.27. The Bertz CT molecular complexity index is 1290. The van der Waals surface area contributed by atoms with E-state index in [2.05, 4.69) is 41.3 Å². The highest BCUT2D eigenvalue weighted by molar-refractivity contribution is 5.35. The molecular weight excluding hydrogens is 434 g/mol. The van der Waals surface area contributed by atoms with Crippen LogP contribution in [0.4, 0.5) is 0 Å². The quantitative estimate of drug-likeness (QED) is 0.379. The van der Waals surface area contributed by atoms with Crippen molar-refractivity contribution in [2.75, 3.05) is 13.2 Å². The fourth-order valence-corrected chi connectivity index (χ4v) is 4.98. The molecule has 0 unspecified atom stereocenters. The second-order valence-corrected chi connectivity index (χ2v) is 9.02. The Balaban J connectivity index is 1.49. The molecule has 0 amide bonds. The number of rotatable bonds is 7. The van der Waals surface area contributed by atoms with Crippen molar-refractivity contribution < 1.29 is 4.74 Å². The SMILES string of the molecule is CCOc1ccc(CN2CCc3nc(C)n(C(c4ccccc4)c4ccccc4)c(=O)c3C2)cc1. The Morgan fingerprint density at radius 3 is 2.14 bits per heavy atom. The van der Waals surface area contributed by atoms with E-state index in [1.807, 2.05) is 66.9 Å². The van der Waals surface area contributed by atoms with Gasteiger partial charge in [0.2, 0.25) is 0 Å². The molecule has 2 heterocycles. The van der Waals surface area contributed by atoms with Crippen molar-refractivity contribution in [3.63, 3.8) is 0 Å². The van der Waals surface area contributed by atoms with Crippen LogP contribution >= 0.6 is 0 Å². The zero-order valence-corrected chi connectivity index (χ0v) is 20.4. The van der Waals surface area contributed by atoms with E-state index in [4.69, 9.17) is 9.72 Å². The summed E-state index contributed by atoms with van der Waals surface area (Å²) in [5, 5.41) is 0. The summed E-state index contributed by atoms with van der Waals surface area (Å²) in [5.41, 5.74) is 5.17. The lowest BCUT2D eigenvalue weighted by Crippen LogP contribution is -2.40. The number of fused-ring (bicyclic) bond motifs is 1. The van der Waals surface area contributed by atoms with Crippen LogP contribution in [-0.4, -0.2) is 27.6 Å². The molecule has 3 aromatic carbocycles. The van der Waals surface area contributed by atoms with Crippen LogP contribution in [0.25, 0.3) is 0 Å². The van der Waals surface area contributed by atoms with Crippen LogP contribution < -0.4 is 10.3 Å². The highest BCUT2D eigenvalue weighted by Gasteiger charge is 2.27. The van der Waals surface area contributed by atoms with Crippen molar-refractivity contribution in [1.29, 1.82) is 0 Å². The molecule has 178 valence electrons. The monoisotopic (exact) mass is 465 g/mol. The molecule has 0 aliphatic carbocycles. The number of hydrogen-bond acceptors (Lipinski definition) is 4. The Labute approximate surface area is 206 Å². The summed E-state index contributed by atoms with van der Waals surface area (Å²) in [5.74, 6) is 1.64. The van der Waals surface area contributed by atoms with Crippen molar-refractivity contribution in [2.45, 2.75) is 39.4 Å². The molecule has 0 fully saturated rings. The molecule has 5 nitrogen and oxygen atoms in total. The number of aryl methyl sites for hydroxylation is 1. The van der Waals surface area contributed by atoms with Crippen LogP contribution in [0.1, 0.15) is 46.7 Å². The fraction of sp³-hybridized carbons (Fsp3) is 0.267. The third kappa shape index (κ3) is 4.91. The summed E-state index contributed by atoms with van der Waals surface area (Å²) >= 11 is 0. The summed E-state index contributed by atoms with van der Waals surface area (Å²) in [6.45, 7) is 6.88. The van der Waals surface area contributed by atoms with E-state index in [0.717, 1.165) is 53.5 Å². The first-order valence-electron chi connectivity index (χ1n) is 12.3. The first-order chi connectivity index (χ1) is 17.1. The summed E-state index contributed by atoms with van der Waals surface area (Å²) in [6, 6.07) is 28.5. The van der Waals surface area contributed by atoms with Crippen LogP contribution in [0, 0.1) is 6.92 Å². The van der Waals surface area contributed by atoms with Crippen molar-refractivity contribution in [1.82, 2.24) is 14.5 Å². The third-order valence-electron chi connectivity index (χ3n) is 6.65. The lowest BCUT2D eigenvalue weighted by Gasteiger charge is -2.30. The smallest absolute Gasteiger partial charge is 0.259 e. The minimum absolute atomic E-state index is 0.0570. The molecule has 0 saturated heterocycles. The Hall–Kier alpha value is -3.70. The average molecular weight is 466 g/mol. The number of benzene rings is 3. The van der Waals surface area contributed by atoms with Crippen molar-refractivity contribution in [3.05, 3.63) is 129 Å². The Morgan fingerprint density at radius 2 is 1.54 bits per heavy atom. The minimum atomic E-state index is -0.218. The maximum absolute atomic E-state index is 14.0. The zero-order valence-electron chi connectivity index (χ0n) is 20.4. The van der Waals surface area contributed by atoms with Gasteiger partial charge in [0.15, 0.2) is 0 Å². The molecule has 0 atom stereocenters. The Morgan fingerprint density at radius 1 is 0.914 bits per heavy atom. The standard InChI is InChI=1S/C30H31N3O2/c1-3-35-26-16-14-23(15-17-26)20-32-19-18-28-27(21-32)30(34)33(22(2)31-28)29(24-10-6-4-7-11-24)25-12-8-5-9-13-25/h4-17,29H,3,18-21H2,1-2H3. The van der Waals surface area contributed by atoms with Gasteiger partial charge in [-0.1, -0.05) is 72.8 Å². The molecular formula is C30H31N3O2. The molecule has 0 saturated carbocycles. The average Bonchev–Trinajstić information content (AvgIpc) is 2.89. The fourth-order valence-electron chi connectivity index (χ4n) is 4.98. The van der Waals surface area contributed by atoms with E-state index >= 15 is 0 Å². The normalized spacial score (nSPS) is 13.6. The van der Waals surface area contributed by atoms with Gasteiger partial charge in [0.05, 0.1) is 23.9 Å². The molecule has 1 aliphatic heterocycles. The zero-order chi connectivity index (χ0) is 24.2. The van der Waals surface area contributed by atoms with Gasteiger partial charge in [0.1, 0.15) is 11.6 Å². The van der Waals surface area contributed by atoms with E-state index in [0.29, 0.717) is 13.2 Å². The first-order valence-corrected chi connectivity index (χ1v) is 12.3. The molecule has 35 heavy (non-hydrogen) atoms. The van der Waals surface area contributed by atoms with Crippen LogP contribution in [-0.2, 0) is 19.5 Å². The van der Waals surface area contributed by atoms with Gasteiger partial charge in [-0.3, -0.25) is 14.3 Å². The van der Waals surface area contributed by atoms with E-state index in [1.165, 1.54) is 5.56 Å². The van der Waals surface area contributed by atoms with Crippen molar-refractivity contribution in [3.8, 4) is 5.75 Å². The molecule has 5 rings (SSSR count). The maximum atomic E-state index is 14.0. The van der Waals surface area contributed by atoms with Gasteiger partial charge in [-0.2, -0.15) is 0 Å². The minimum Gasteiger partial charge on any atom is -0.494 e.